The molecule has 78 valence electrons. The Morgan fingerprint density at radius 1 is 1.19 bits per heavy atom. The molecule has 4 heteroatoms. The lowest BCUT2D eigenvalue weighted by atomic mass is 10.0. The average molecular weight is 213 g/mol. The second-order valence-corrected chi connectivity index (χ2v) is 3.27. The molecule has 16 heavy (non-hydrogen) atoms. The Labute approximate surface area is 92.2 Å². The van der Waals surface area contributed by atoms with E-state index < -0.39 is 0 Å². The number of hydrogen-bond donors (Lipinski definition) is 0. The first-order valence-electron chi connectivity index (χ1n) is 4.72. The van der Waals surface area contributed by atoms with Crippen molar-refractivity contribution >= 4 is 0 Å². The molecule has 0 bridgehead atoms. The van der Waals surface area contributed by atoms with Gasteiger partial charge in [-0.1, -0.05) is 12.1 Å². The fraction of sp³-hybridized carbons (Fsp3) is 0.0833. The first kappa shape index (κ1) is 10.2. The molecule has 0 N–H and O–H groups in total. The van der Waals surface area contributed by atoms with Crippen molar-refractivity contribution in [3.05, 3.63) is 48.3 Å². The minimum absolute atomic E-state index is 0.0808. The lowest BCUT2D eigenvalue weighted by Crippen LogP contribution is -1.90. The summed E-state index contributed by atoms with van der Waals surface area (Å²) in [5, 5.41) is 8.49. The van der Waals surface area contributed by atoms with Gasteiger partial charge in [0.25, 0.3) is 0 Å². The molecule has 0 aliphatic rings. The first-order valence-corrected chi connectivity index (χ1v) is 4.72. The zero-order valence-corrected chi connectivity index (χ0v) is 8.39. The van der Waals surface area contributed by atoms with Crippen LogP contribution in [0, 0.1) is 17.1 Å². The molecule has 0 spiro atoms. The summed E-state index contributed by atoms with van der Waals surface area (Å²) in [7, 11) is 0. The smallest absolute Gasteiger partial charge is 0.128 e. The van der Waals surface area contributed by atoms with Crippen molar-refractivity contribution in [2.75, 3.05) is 0 Å². The van der Waals surface area contributed by atoms with E-state index in [0.717, 1.165) is 5.56 Å². The monoisotopic (exact) mass is 213 g/mol. The third kappa shape index (κ3) is 2.04. The predicted octanol–water partition coefficient (Wildman–Crippen LogP) is 2.35. The average Bonchev–Trinajstić information content (AvgIpc) is 2.33. The van der Waals surface area contributed by atoms with Crippen LogP contribution in [-0.4, -0.2) is 9.97 Å². The van der Waals surface area contributed by atoms with Crippen LogP contribution in [0.2, 0.25) is 0 Å². The number of nitriles is 1. The number of nitrogens with zero attached hydrogens (tertiary/aromatic N) is 3. The number of hydrogen-bond acceptors (Lipinski definition) is 3. The molecular weight excluding hydrogens is 205 g/mol. The number of halogens is 1. The summed E-state index contributed by atoms with van der Waals surface area (Å²) in [5.74, 6) is -0.372. The Morgan fingerprint density at radius 3 is 2.56 bits per heavy atom. The van der Waals surface area contributed by atoms with Crippen molar-refractivity contribution in [2.24, 2.45) is 0 Å². The summed E-state index contributed by atoms with van der Waals surface area (Å²) < 4.78 is 13.5. The van der Waals surface area contributed by atoms with Crippen LogP contribution in [-0.2, 0) is 6.42 Å². The number of benzene rings is 1. The van der Waals surface area contributed by atoms with E-state index in [-0.39, 0.29) is 12.2 Å². The maximum atomic E-state index is 13.5. The standard InChI is InChI=1S/C12H8FN3/c13-12-5-10(2-1-9(12)3-4-14)11-6-15-8-16-7-11/h1-2,5-8H,3H2. The van der Waals surface area contributed by atoms with Crippen molar-refractivity contribution in [1.82, 2.24) is 9.97 Å². The quantitative estimate of drug-likeness (QED) is 0.769. The fourth-order valence-corrected chi connectivity index (χ4v) is 1.40. The molecule has 0 aliphatic carbocycles. The van der Waals surface area contributed by atoms with E-state index in [1.165, 1.54) is 12.4 Å². The van der Waals surface area contributed by atoms with E-state index >= 15 is 0 Å². The molecule has 2 rings (SSSR count). The molecule has 1 aromatic heterocycles. The molecule has 0 fully saturated rings. The van der Waals surface area contributed by atoms with E-state index in [0.29, 0.717) is 11.1 Å². The molecule has 0 radical (unpaired) electrons. The molecule has 0 amide bonds. The summed E-state index contributed by atoms with van der Waals surface area (Å²) in [4.78, 5) is 7.73. The molecule has 2 aromatic rings. The summed E-state index contributed by atoms with van der Waals surface area (Å²) in [6.45, 7) is 0. The van der Waals surface area contributed by atoms with Gasteiger partial charge in [0, 0.05) is 23.5 Å². The van der Waals surface area contributed by atoms with Gasteiger partial charge in [0.15, 0.2) is 0 Å². The van der Waals surface area contributed by atoms with Crippen LogP contribution >= 0.6 is 0 Å². The van der Waals surface area contributed by atoms with Crippen LogP contribution in [0.4, 0.5) is 4.39 Å². The van der Waals surface area contributed by atoms with Gasteiger partial charge in [-0.05, 0) is 11.6 Å². The largest absolute Gasteiger partial charge is 0.244 e. The third-order valence-electron chi connectivity index (χ3n) is 2.22. The van der Waals surface area contributed by atoms with Crippen molar-refractivity contribution < 1.29 is 4.39 Å². The summed E-state index contributed by atoms with van der Waals surface area (Å²) >= 11 is 0. The van der Waals surface area contributed by atoms with Gasteiger partial charge in [-0.2, -0.15) is 5.26 Å². The molecule has 0 saturated carbocycles. The van der Waals surface area contributed by atoms with Crippen molar-refractivity contribution in [3.63, 3.8) is 0 Å². The molecule has 1 aromatic carbocycles. The second-order valence-electron chi connectivity index (χ2n) is 3.27. The number of aromatic nitrogens is 2. The lowest BCUT2D eigenvalue weighted by Gasteiger charge is -2.03. The summed E-state index contributed by atoms with van der Waals surface area (Å²) in [6, 6.07) is 6.68. The minimum Gasteiger partial charge on any atom is -0.244 e. The van der Waals surface area contributed by atoms with Gasteiger partial charge >= 0.3 is 0 Å². The van der Waals surface area contributed by atoms with Crippen molar-refractivity contribution in [2.45, 2.75) is 6.42 Å². The first-order chi connectivity index (χ1) is 7.81. The molecule has 0 unspecified atom stereocenters. The van der Waals surface area contributed by atoms with Gasteiger partial charge in [-0.15, -0.1) is 0 Å². The van der Waals surface area contributed by atoms with E-state index in [1.54, 1.807) is 24.5 Å². The van der Waals surface area contributed by atoms with Crippen LogP contribution in [0.5, 0.6) is 0 Å². The van der Waals surface area contributed by atoms with Gasteiger partial charge < -0.3 is 0 Å². The number of rotatable bonds is 2. The van der Waals surface area contributed by atoms with Crippen LogP contribution in [0.25, 0.3) is 11.1 Å². The zero-order chi connectivity index (χ0) is 11.4. The Morgan fingerprint density at radius 2 is 1.94 bits per heavy atom. The summed E-state index contributed by atoms with van der Waals surface area (Å²) in [5.41, 5.74) is 1.87. The Bertz CT molecular complexity index is 532. The van der Waals surface area contributed by atoms with Gasteiger partial charge in [-0.3, -0.25) is 0 Å². The minimum atomic E-state index is -0.372. The fourth-order valence-electron chi connectivity index (χ4n) is 1.40. The van der Waals surface area contributed by atoms with Gasteiger partial charge in [0.1, 0.15) is 12.1 Å². The molecular formula is C12H8FN3. The van der Waals surface area contributed by atoms with Crippen molar-refractivity contribution in [1.29, 1.82) is 5.26 Å². The van der Waals surface area contributed by atoms with E-state index in [1.807, 2.05) is 6.07 Å². The normalized spacial score (nSPS) is 9.75. The van der Waals surface area contributed by atoms with Crippen LogP contribution in [0.1, 0.15) is 5.56 Å². The predicted molar refractivity (Wildman–Crippen MR) is 56.7 cm³/mol. The highest BCUT2D eigenvalue weighted by Gasteiger charge is 2.04. The second kappa shape index (κ2) is 4.49. The van der Waals surface area contributed by atoms with E-state index in [9.17, 15) is 4.39 Å². The maximum absolute atomic E-state index is 13.5. The Hall–Kier alpha value is -2.28. The summed E-state index contributed by atoms with van der Waals surface area (Å²) in [6.07, 6.45) is 4.73. The molecule has 0 aliphatic heterocycles. The molecule has 3 nitrogen and oxygen atoms in total. The van der Waals surface area contributed by atoms with Crippen LogP contribution < -0.4 is 0 Å². The SMILES string of the molecule is N#CCc1ccc(-c2cncnc2)cc1F. The Balaban J connectivity index is 2.39. The third-order valence-corrected chi connectivity index (χ3v) is 2.22. The lowest BCUT2D eigenvalue weighted by molar-refractivity contribution is 0.616. The maximum Gasteiger partial charge on any atom is 0.128 e. The zero-order valence-electron chi connectivity index (χ0n) is 8.39. The van der Waals surface area contributed by atoms with Gasteiger partial charge in [0.2, 0.25) is 0 Å². The van der Waals surface area contributed by atoms with Gasteiger partial charge in [0.05, 0.1) is 12.5 Å². The highest BCUT2D eigenvalue weighted by atomic mass is 19.1. The molecule has 0 saturated heterocycles. The van der Waals surface area contributed by atoms with Crippen LogP contribution in [0.15, 0.2) is 36.9 Å². The van der Waals surface area contributed by atoms with E-state index in [2.05, 4.69) is 9.97 Å². The van der Waals surface area contributed by atoms with Crippen LogP contribution in [0.3, 0.4) is 0 Å². The highest BCUT2D eigenvalue weighted by molar-refractivity contribution is 5.61. The Kier molecular flexibility index (Phi) is 2.88. The highest BCUT2D eigenvalue weighted by Crippen LogP contribution is 2.20. The topological polar surface area (TPSA) is 49.6 Å². The molecule has 1 heterocycles. The van der Waals surface area contributed by atoms with E-state index in [4.69, 9.17) is 5.26 Å². The van der Waals surface area contributed by atoms with Gasteiger partial charge in [-0.25, -0.2) is 14.4 Å². The van der Waals surface area contributed by atoms with Crippen molar-refractivity contribution in [3.8, 4) is 17.2 Å². The molecule has 0 atom stereocenters.